The third kappa shape index (κ3) is 1.27. The van der Waals surface area contributed by atoms with Crippen LogP contribution in [0, 0.1) is 17.2 Å². The molecular formula is C17H18FN. The number of hydrogen-bond donors (Lipinski definition) is 0. The molecule has 1 heterocycles. The third-order valence-corrected chi connectivity index (χ3v) is 5.61. The Kier molecular flexibility index (Phi) is 2.01. The molecule has 3 atom stereocenters. The van der Waals surface area contributed by atoms with Crippen molar-refractivity contribution in [3.8, 4) is 0 Å². The lowest BCUT2D eigenvalue weighted by Gasteiger charge is -2.59. The molecule has 0 radical (unpaired) electrons. The number of halogens is 1. The van der Waals surface area contributed by atoms with E-state index in [1.54, 1.807) is 6.07 Å². The van der Waals surface area contributed by atoms with Crippen molar-refractivity contribution >= 4 is 10.9 Å². The Morgan fingerprint density at radius 2 is 2.11 bits per heavy atom. The van der Waals surface area contributed by atoms with Crippen molar-refractivity contribution in [3.05, 3.63) is 41.3 Å². The quantitative estimate of drug-likeness (QED) is 0.669. The van der Waals surface area contributed by atoms with Gasteiger partial charge in [-0.2, -0.15) is 0 Å². The zero-order valence-electron chi connectivity index (χ0n) is 11.6. The predicted octanol–water partition coefficient (Wildman–Crippen LogP) is 4.62. The van der Waals surface area contributed by atoms with Gasteiger partial charge in [0.15, 0.2) is 0 Å². The van der Waals surface area contributed by atoms with E-state index in [1.807, 2.05) is 6.07 Å². The molecule has 0 aliphatic heterocycles. The second-order valence-electron chi connectivity index (χ2n) is 6.78. The first-order valence-electron chi connectivity index (χ1n) is 7.09. The predicted molar refractivity (Wildman–Crippen MR) is 74.7 cm³/mol. The maximum Gasteiger partial charge on any atom is 0.149 e. The van der Waals surface area contributed by atoms with E-state index in [2.05, 4.69) is 31.8 Å². The molecule has 1 unspecified atom stereocenters. The largest absolute Gasteiger partial charge is 0.249 e. The minimum Gasteiger partial charge on any atom is -0.249 e. The molecule has 0 saturated heterocycles. The van der Waals surface area contributed by atoms with Crippen LogP contribution >= 0.6 is 0 Å². The van der Waals surface area contributed by atoms with E-state index in [9.17, 15) is 4.39 Å². The summed E-state index contributed by atoms with van der Waals surface area (Å²) in [7, 11) is 0. The number of para-hydroxylation sites is 1. The second-order valence-corrected chi connectivity index (χ2v) is 6.78. The Balaban J connectivity index is 2.02. The van der Waals surface area contributed by atoms with E-state index in [-0.39, 0.29) is 5.82 Å². The molecule has 0 amide bonds. The molecular weight excluding hydrogens is 237 g/mol. The molecule has 1 nitrogen and oxygen atoms in total. The first-order valence-corrected chi connectivity index (χ1v) is 7.09. The molecule has 98 valence electrons. The van der Waals surface area contributed by atoms with Crippen LogP contribution in [0.2, 0.25) is 0 Å². The SMILES string of the molecule is CC1c2nc3c(F)cccc3cc2[C@H]2C[C@@H]1C2(C)C. The van der Waals surface area contributed by atoms with Crippen molar-refractivity contribution in [1.82, 2.24) is 4.98 Å². The highest BCUT2D eigenvalue weighted by Crippen LogP contribution is 2.66. The molecule has 3 aliphatic carbocycles. The van der Waals surface area contributed by atoms with Crippen LogP contribution in [0.25, 0.3) is 10.9 Å². The van der Waals surface area contributed by atoms with E-state index in [4.69, 9.17) is 0 Å². The van der Waals surface area contributed by atoms with Gasteiger partial charge in [0.05, 0.1) is 0 Å². The van der Waals surface area contributed by atoms with Crippen molar-refractivity contribution in [1.29, 1.82) is 0 Å². The van der Waals surface area contributed by atoms with Gasteiger partial charge in [-0.15, -0.1) is 0 Å². The van der Waals surface area contributed by atoms with Crippen molar-refractivity contribution in [2.45, 2.75) is 39.0 Å². The van der Waals surface area contributed by atoms with E-state index in [1.165, 1.54) is 18.1 Å². The summed E-state index contributed by atoms with van der Waals surface area (Å²) in [6.45, 7) is 6.97. The highest BCUT2D eigenvalue weighted by atomic mass is 19.1. The molecule has 0 spiro atoms. The molecule has 19 heavy (non-hydrogen) atoms. The molecule has 2 aromatic rings. The van der Waals surface area contributed by atoms with Gasteiger partial charge < -0.3 is 0 Å². The van der Waals surface area contributed by atoms with Crippen LogP contribution in [-0.2, 0) is 0 Å². The average Bonchev–Trinajstić information content (AvgIpc) is 2.37. The van der Waals surface area contributed by atoms with Crippen LogP contribution in [0.4, 0.5) is 4.39 Å². The Labute approximate surface area is 112 Å². The number of fused-ring (bicyclic) bond motifs is 1. The van der Waals surface area contributed by atoms with Crippen LogP contribution < -0.4 is 0 Å². The molecule has 1 fully saturated rings. The zero-order valence-corrected chi connectivity index (χ0v) is 11.6. The van der Waals surface area contributed by atoms with Crippen molar-refractivity contribution in [2.24, 2.45) is 11.3 Å². The number of rotatable bonds is 0. The highest BCUT2D eigenvalue weighted by molar-refractivity contribution is 5.80. The standard InChI is InChI=1S/C17H18FN/c1-9-12-8-13(17(12,2)3)11-7-10-5-4-6-14(18)16(10)19-15(9)11/h4-7,9,12-13H,8H2,1-3H3/t9?,12-,13+/m0/s1. The van der Waals surface area contributed by atoms with Crippen molar-refractivity contribution < 1.29 is 4.39 Å². The third-order valence-electron chi connectivity index (χ3n) is 5.61. The lowest BCUT2D eigenvalue weighted by molar-refractivity contribution is -0.00252. The molecule has 1 aromatic carbocycles. The molecule has 2 heteroatoms. The minimum absolute atomic E-state index is 0.203. The number of hydrogen-bond acceptors (Lipinski definition) is 1. The summed E-state index contributed by atoms with van der Waals surface area (Å²) in [4.78, 5) is 4.67. The maximum atomic E-state index is 13.9. The molecule has 1 saturated carbocycles. The normalized spacial score (nSPS) is 30.8. The summed E-state index contributed by atoms with van der Waals surface area (Å²) < 4.78 is 13.9. The molecule has 1 aromatic heterocycles. The molecule has 3 aliphatic rings. The maximum absolute atomic E-state index is 13.9. The Bertz CT molecular complexity index is 689. The van der Waals surface area contributed by atoms with Crippen LogP contribution in [-0.4, -0.2) is 4.98 Å². The Morgan fingerprint density at radius 3 is 2.84 bits per heavy atom. The first-order chi connectivity index (χ1) is 9.00. The summed E-state index contributed by atoms with van der Waals surface area (Å²) in [5.74, 6) is 1.54. The number of pyridine rings is 1. The zero-order chi connectivity index (χ0) is 13.4. The lowest BCUT2D eigenvalue weighted by atomic mass is 9.45. The Hall–Kier alpha value is -1.44. The van der Waals surface area contributed by atoms with Crippen LogP contribution in [0.5, 0.6) is 0 Å². The van der Waals surface area contributed by atoms with E-state index in [0.717, 1.165) is 11.1 Å². The average molecular weight is 255 g/mol. The lowest BCUT2D eigenvalue weighted by Crippen LogP contribution is -2.50. The Morgan fingerprint density at radius 1 is 1.32 bits per heavy atom. The summed E-state index contributed by atoms with van der Waals surface area (Å²) in [6, 6.07) is 7.42. The van der Waals surface area contributed by atoms with Crippen LogP contribution in [0.15, 0.2) is 24.3 Å². The highest BCUT2D eigenvalue weighted by Gasteiger charge is 2.56. The minimum atomic E-state index is -0.203. The molecule has 2 bridgehead atoms. The smallest absolute Gasteiger partial charge is 0.149 e. The van der Waals surface area contributed by atoms with Gasteiger partial charge in [-0.3, -0.25) is 0 Å². The second kappa shape index (κ2) is 3.36. The fourth-order valence-corrected chi connectivity index (χ4v) is 4.36. The molecule has 0 N–H and O–H groups in total. The number of nitrogens with zero attached hydrogens (tertiary/aromatic N) is 1. The van der Waals surface area contributed by atoms with Gasteiger partial charge in [0, 0.05) is 17.0 Å². The van der Waals surface area contributed by atoms with E-state index in [0.29, 0.717) is 28.7 Å². The summed E-state index contributed by atoms with van der Waals surface area (Å²) >= 11 is 0. The van der Waals surface area contributed by atoms with E-state index >= 15 is 0 Å². The number of aromatic nitrogens is 1. The fraction of sp³-hybridized carbons (Fsp3) is 0.471. The van der Waals surface area contributed by atoms with Gasteiger partial charge in [0.25, 0.3) is 0 Å². The monoisotopic (exact) mass is 255 g/mol. The van der Waals surface area contributed by atoms with Crippen LogP contribution in [0.3, 0.4) is 0 Å². The summed E-state index contributed by atoms with van der Waals surface area (Å²) in [5.41, 5.74) is 3.40. The molecule has 5 rings (SSSR count). The first kappa shape index (κ1) is 11.4. The van der Waals surface area contributed by atoms with Crippen LogP contribution in [0.1, 0.15) is 50.3 Å². The van der Waals surface area contributed by atoms with Gasteiger partial charge in [0.1, 0.15) is 11.3 Å². The number of benzene rings is 1. The van der Waals surface area contributed by atoms with Gasteiger partial charge in [0.2, 0.25) is 0 Å². The van der Waals surface area contributed by atoms with E-state index < -0.39 is 0 Å². The summed E-state index contributed by atoms with van der Waals surface area (Å²) in [6.07, 6.45) is 1.27. The van der Waals surface area contributed by atoms with Gasteiger partial charge in [-0.1, -0.05) is 32.9 Å². The van der Waals surface area contributed by atoms with Gasteiger partial charge >= 0.3 is 0 Å². The fourth-order valence-electron chi connectivity index (χ4n) is 4.36. The summed E-state index contributed by atoms with van der Waals surface area (Å²) in [5, 5.41) is 0.937. The van der Waals surface area contributed by atoms with Crippen molar-refractivity contribution in [3.63, 3.8) is 0 Å². The van der Waals surface area contributed by atoms with Crippen molar-refractivity contribution in [2.75, 3.05) is 0 Å². The van der Waals surface area contributed by atoms with Gasteiger partial charge in [-0.25, -0.2) is 9.37 Å². The van der Waals surface area contributed by atoms with Gasteiger partial charge in [-0.05, 0) is 41.4 Å². The topological polar surface area (TPSA) is 12.9 Å².